The third kappa shape index (κ3) is 3.76. The lowest BCUT2D eigenvalue weighted by Crippen LogP contribution is -2.13. The number of nitrogens with one attached hydrogen (secondary N) is 1. The summed E-state index contributed by atoms with van der Waals surface area (Å²) < 4.78 is 7.50. The van der Waals surface area contributed by atoms with E-state index in [4.69, 9.17) is 4.74 Å². The van der Waals surface area contributed by atoms with Crippen molar-refractivity contribution in [1.82, 2.24) is 9.55 Å². The topological polar surface area (TPSA) is 79.9 Å². The summed E-state index contributed by atoms with van der Waals surface area (Å²) in [4.78, 5) is 16.4. The number of carbonyl (C=O) groups is 1. The minimum Gasteiger partial charge on any atom is -0.495 e. The number of hydrogen-bond donors (Lipinski definition) is 1. The number of nitriles is 1. The highest BCUT2D eigenvalue weighted by atomic mass is 32.1. The number of rotatable bonds is 5. The maximum atomic E-state index is 12.4. The summed E-state index contributed by atoms with van der Waals surface area (Å²) in [6.07, 6.45) is 3.19. The van der Waals surface area contributed by atoms with E-state index in [-0.39, 0.29) is 5.57 Å². The average molecular weight is 378 g/mol. The zero-order valence-electron chi connectivity index (χ0n) is 15.2. The van der Waals surface area contributed by atoms with E-state index in [1.54, 1.807) is 24.8 Å². The molecule has 0 aliphatic rings. The van der Waals surface area contributed by atoms with Crippen LogP contribution < -0.4 is 10.1 Å². The predicted molar refractivity (Wildman–Crippen MR) is 106 cm³/mol. The molecule has 6 nitrogen and oxygen atoms in total. The van der Waals surface area contributed by atoms with Gasteiger partial charge in [0, 0.05) is 23.0 Å². The van der Waals surface area contributed by atoms with E-state index in [0.717, 1.165) is 28.4 Å². The Morgan fingerprint density at radius 1 is 1.37 bits per heavy atom. The first-order valence-electron chi connectivity index (χ1n) is 8.20. The molecule has 0 atom stereocenters. The second-order valence-corrected chi connectivity index (χ2v) is 6.69. The lowest BCUT2D eigenvalue weighted by Gasteiger charge is -2.13. The van der Waals surface area contributed by atoms with Gasteiger partial charge in [0.2, 0.25) is 0 Å². The minimum atomic E-state index is -0.477. The SMILES string of the molecule is COc1ccccc1-n1c(C)cc(/C=C(\C#N)C(=O)Nc2nccs2)c1C. The molecule has 27 heavy (non-hydrogen) atoms. The molecular weight excluding hydrogens is 360 g/mol. The van der Waals surface area contributed by atoms with Gasteiger partial charge in [0.25, 0.3) is 5.91 Å². The number of thiazole rings is 1. The Labute approximate surface area is 161 Å². The first-order valence-corrected chi connectivity index (χ1v) is 9.08. The van der Waals surface area contributed by atoms with E-state index in [1.165, 1.54) is 11.3 Å². The second kappa shape index (κ2) is 7.89. The Hall–Kier alpha value is -3.37. The largest absolute Gasteiger partial charge is 0.495 e. The van der Waals surface area contributed by atoms with Gasteiger partial charge in [-0.15, -0.1) is 11.3 Å². The van der Waals surface area contributed by atoms with Gasteiger partial charge >= 0.3 is 0 Å². The number of amides is 1. The van der Waals surface area contributed by atoms with E-state index >= 15 is 0 Å². The molecule has 0 saturated carbocycles. The number of methoxy groups -OCH3 is 1. The highest BCUT2D eigenvalue weighted by Crippen LogP contribution is 2.29. The van der Waals surface area contributed by atoms with Crippen molar-refractivity contribution in [2.24, 2.45) is 0 Å². The highest BCUT2D eigenvalue weighted by molar-refractivity contribution is 7.13. The van der Waals surface area contributed by atoms with Crippen molar-refractivity contribution in [3.63, 3.8) is 0 Å². The molecule has 1 aromatic carbocycles. The van der Waals surface area contributed by atoms with Crippen LogP contribution in [0.3, 0.4) is 0 Å². The summed E-state index contributed by atoms with van der Waals surface area (Å²) in [5, 5.41) is 14.3. The summed E-state index contributed by atoms with van der Waals surface area (Å²) in [6.45, 7) is 3.91. The molecule has 136 valence electrons. The average Bonchev–Trinajstić information content (AvgIpc) is 3.27. The monoisotopic (exact) mass is 378 g/mol. The van der Waals surface area contributed by atoms with Crippen molar-refractivity contribution in [3.05, 3.63) is 64.4 Å². The minimum absolute atomic E-state index is 0.0190. The van der Waals surface area contributed by atoms with Crippen molar-refractivity contribution >= 4 is 28.5 Å². The Bertz CT molecular complexity index is 1040. The zero-order valence-corrected chi connectivity index (χ0v) is 16.0. The van der Waals surface area contributed by atoms with Crippen LogP contribution in [0.2, 0.25) is 0 Å². The third-order valence-corrected chi connectivity index (χ3v) is 4.80. The van der Waals surface area contributed by atoms with E-state index in [9.17, 15) is 10.1 Å². The molecule has 3 rings (SSSR count). The maximum Gasteiger partial charge on any atom is 0.268 e. The first kappa shape index (κ1) is 18.4. The van der Waals surface area contributed by atoms with Gasteiger partial charge in [0.1, 0.15) is 17.4 Å². The predicted octanol–water partition coefficient (Wildman–Crippen LogP) is 4.10. The molecule has 7 heteroatoms. The molecule has 0 unspecified atom stereocenters. The van der Waals surface area contributed by atoms with Crippen molar-refractivity contribution in [2.45, 2.75) is 13.8 Å². The van der Waals surface area contributed by atoms with Crippen molar-refractivity contribution < 1.29 is 9.53 Å². The van der Waals surface area contributed by atoms with Crippen molar-refractivity contribution in [3.8, 4) is 17.5 Å². The Morgan fingerprint density at radius 3 is 2.81 bits per heavy atom. The molecule has 0 spiro atoms. The van der Waals surface area contributed by atoms with Crippen LogP contribution in [0.15, 0.2) is 47.5 Å². The van der Waals surface area contributed by atoms with Crippen LogP contribution >= 0.6 is 11.3 Å². The fourth-order valence-electron chi connectivity index (χ4n) is 2.87. The third-order valence-electron chi connectivity index (χ3n) is 4.11. The van der Waals surface area contributed by atoms with Crippen LogP contribution in [-0.2, 0) is 4.79 Å². The first-order chi connectivity index (χ1) is 13.0. The normalized spacial score (nSPS) is 11.1. The summed E-state index contributed by atoms with van der Waals surface area (Å²) in [5.41, 5.74) is 3.60. The summed E-state index contributed by atoms with van der Waals surface area (Å²) >= 11 is 1.30. The molecule has 0 radical (unpaired) electrons. The lowest BCUT2D eigenvalue weighted by molar-refractivity contribution is -0.112. The van der Waals surface area contributed by atoms with Gasteiger partial charge in [0.05, 0.1) is 12.8 Å². The van der Waals surface area contributed by atoms with Gasteiger partial charge < -0.3 is 9.30 Å². The number of nitrogens with zero attached hydrogens (tertiary/aromatic N) is 3. The van der Waals surface area contributed by atoms with Crippen LogP contribution in [0, 0.1) is 25.2 Å². The van der Waals surface area contributed by atoms with Gasteiger partial charge in [0.15, 0.2) is 5.13 Å². The summed E-state index contributed by atoms with van der Waals surface area (Å²) in [6, 6.07) is 11.6. The number of benzene rings is 1. The molecule has 3 aromatic rings. The quantitative estimate of drug-likeness (QED) is 0.535. The molecule has 2 aromatic heterocycles. The van der Waals surface area contributed by atoms with Gasteiger partial charge in [-0.25, -0.2) is 4.98 Å². The molecule has 2 heterocycles. The number of aromatic nitrogens is 2. The fourth-order valence-corrected chi connectivity index (χ4v) is 3.40. The standard InChI is InChI=1S/C20H18N4O2S/c1-13-10-15(11-16(12-21)19(25)23-20-22-8-9-27-20)14(2)24(13)17-6-4-5-7-18(17)26-3/h4-11H,1-3H3,(H,22,23,25)/b16-11+. The number of anilines is 1. The van der Waals surface area contributed by atoms with E-state index < -0.39 is 5.91 Å². The number of para-hydroxylation sites is 2. The van der Waals surface area contributed by atoms with E-state index in [0.29, 0.717) is 5.13 Å². The molecule has 0 bridgehead atoms. The van der Waals surface area contributed by atoms with Gasteiger partial charge in [-0.1, -0.05) is 12.1 Å². The molecule has 1 amide bonds. The summed E-state index contributed by atoms with van der Waals surface area (Å²) in [5.74, 6) is 0.270. The molecule has 0 fully saturated rings. The van der Waals surface area contributed by atoms with Crippen molar-refractivity contribution in [2.75, 3.05) is 12.4 Å². The smallest absolute Gasteiger partial charge is 0.268 e. The number of hydrogen-bond acceptors (Lipinski definition) is 5. The van der Waals surface area contributed by atoms with E-state index in [1.807, 2.05) is 54.8 Å². The van der Waals surface area contributed by atoms with Crippen molar-refractivity contribution in [1.29, 1.82) is 5.26 Å². The number of ether oxygens (including phenoxy) is 1. The number of aryl methyl sites for hydroxylation is 1. The lowest BCUT2D eigenvalue weighted by atomic mass is 10.1. The van der Waals surface area contributed by atoms with Crippen LogP contribution in [0.5, 0.6) is 5.75 Å². The van der Waals surface area contributed by atoms with Crippen LogP contribution in [-0.4, -0.2) is 22.6 Å². The number of carbonyl (C=O) groups excluding carboxylic acids is 1. The Kier molecular flexibility index (Phi) is 5.38. The van der Waals surface area contributed by atoms with E-state index in [2.05, 4.69) is 10.3 Å². The van der Waals surface area contributed by atoms with Gasteiger partial charge in [-0.05, 0) is 43.7 Å². The van der Waals surface area contributed by atoms with Crippen LogP contribution in [0.25, 0.3) is 11.8 Å². The Morgan fingerprint density at radius 2 is 2.15 bits per heavy atom. The molecular formula is C20H18N4O2S. The van der Waals surface area contributed by atoms with Crippen LogP contribution in [0.1, 0.15) is 17.0 Å². The summed E-state index contributed by atoms with van der Waals surface area (Å²) in [7, 11) is 1.63. The molecule has 1 N–H and O–H groups in total. The molecule has 0 aliphatic heterocycles. The highest BCUT2D eigenvalue weighted by Gasteiger charge is 2.16. The van der Waals surface area contributed by atoms with Crippen LogP contribution in [0.4, 0.5) is 5.13 Å². The zero-order chi connectivity index (χ0) is 19.4. The second-order valence-electron chi connectivity index (χ2n) is 5.79. The Balaban J connectivity index is 1.99. The molecule has 0 saturated heterocycles. The fraction of sp³-hybridized carbons (Fsp3) is 0.150. The molecule has 0 aliphatic carbocycles. The van der Waals surface area contributed by atoms with Gasteiger partial charge in [-0.2, -0.15) is 5.26 Å². The maximum absolute atomic E-state index is 12.4. The van der Waals surface area contributed by atoms with Gasteiger partial charge in [-0.3, -0.25) is 10.1 Å².